The summed E-state index contributed by atoms with van der Waals surface area (Å²) in [5.41, 5.74) is 0.372. The van der Waals surface area contributed by atoms with Gasteiger partial charge in [-0.1, -0.05) is 27.7 Å². The van der Waals surface area contributed by atoms with Gasteiger partial charge in [0.25, 0.3) is 0 Å². The Morgan fingerprint density at radius 2 is 1.86 bits per heavy atom. The zero-order valence-corrected chi connectivity index (χ0v) is 10.6. The minimum Gasteiger partial charge on any atom is -0.315 e. The summed E-state index contributed by atoms with van der Waals surface area (Å²) in [6.07, 6.45) is 0. The molecule has 1 fully saturated rings. The Hall–Kier alpha value is -0.0800. The van der Waals surface area contributed by atoms with Crippen LogP contribution in [-0.2, 0) is 0 Å². The van der Waals surface area contributed by atoms with E-state index in [9.17, 15) is 0 Å². The van der Waals surface area contributed by atoms with Crippen LogP contribution in [0.4, 0.5) is 0 Å². The van der Waals surface area contributed by atoms with E-state index in [2.05, 4.69) is 51.9 Å². The van der Waals surface area contributed by atoms with Gasteiger partial charge in [-0.05, 0) is 31.8 Å². The van der Waals surface area contributed by atoms with E-state index in [1.807, 2.05) is 0 Å². The maximum Gasteiger partial charge on any atom is 0.0258 e. The Morgan fingerprint density at radius 3 is 2.21 bits per heavy atom. The molecule has 1 saturated heterocycles. The van der Waals surface area contributed by atoms with Crippen LogP contribution in [0.1, 0.15) is 34.6 Å². The van der Waals surface area contributed by atoms with Crippen molar-refractivity contribution in [2.45, 2.75) is 46.7 Å². The van der Waals surface area contributed by atoms with Crippen LogP contribution in [0.15, 0.2) is 0 Å². The largest absolute Gasteiger partial charge is 0.315 e. The van der Waals surface area contributed by atoms with Gasteiger partial charge in [-0.2, -0.15) is 0 Å². The van der Waals surface area contributed by atoms with Crippen LogP contribution in [-0.4, -0.2) is 37.1 Å². The van der Waals surface area contributed by atoms with Crippen LogP contribution in [0.2, 0.25) is 0 Å². The quantitative estimate of drug-likeness (QED) is 0.730. The molecule has 1 heterocycles. The first-order chi connectivity index (χ1) is 6.34. The van der Waals surface area contributed by atoms with Crippen LogP contribution in [0.25, 0.3) is 0 Å². The molecule has 14 heavy (non-hydrogen) atoms. The number of nitrogens with one attached hydrogen (secondary N) is 1. The molecule has 0 aromatic heterocycles. The van der Waals surface area contributed by atoms with E-state index >= 15 is 0 Å². The second-order valence-corrected chi connectivity index (χ2v) is 5.91. The van der Waals surface area contributed by atoms with Gasteiger partial charge in [0, 0.05) is 18.6 Å². The Labute approximate surface area is 89.1 Å². The normalized spacial score (nSPS) is 31.1. The van der Waals surface area contributed by atoms with E-state index in [-0.39, 0.29) is 0 Å². The minimum absolute atomic E-state index is 0.372. The second-order valence-electron chi connectivity index (χ2n) is 5.91. The number of hydrogen-bond acceptors (Lipinski definition) is 2. The molecule has 0 radical (unpaired) electrons. The average molecular weight is 198 g/mol. The van der Waals surface area contributed by atoms with E-state index in [1.54, 1.807) is 0 Å². The lowest BCUT2D eigenvalue weighted by Gasteiger charge is -2.40. The van der Waals surface area contributed by atoms with Crippen molar-refractivity contribution in [2.24, 2.45) is 11.3 Å². The van der Waals surface area contributed by atoms with Gasteiger partial charge >= 0.3 is 0 Å². The van der Waals surface area contributed by atoms with E-state index in [0.717, 1.165) is 12.5 Å². The Bertz CT molecular complexity index is 181. The topological polar surface area (TPSA) is 15.3 Å². The predicted molar refractivity (Wildman–Crippen MR) is 62.5 cm³/mol. The summed E-state index contributed by atoms with van der Waals surface area (Å²) >= 11 is 0. The van der Waals surface area contributed by atoms with Crippen molar-refractivity contribution in [3.8, 4) is 0 Å². The number of likely N-dealkylation sites (N-methyl/N-ethyl adjacent to an activating group) is 1. The van der Waals surface area contributed by atoms with E-state index in [0.29, 0.717) is 17.5 Å². The molecule has 0 aromatic carbocycles. The number of hydrogen-bond donors (Lipinski definition) is 1. The summed E-state index contributed by atoms with van der Waals surface area (Å²) < 4.78 is 0. The van der Waals surface area contributed by atoms with Crippen LogP contribution in [0.5, 0.6) is 0 Å². The fourth-order valence-corrected chi connectivity index (χ4v) is 2.24. The van der Waals surface area contributed by atoms with Gasteiger partial charge in [-0.15, -0.1) is 0 Å². The molecular formula is C12H26N2. The zero-order chi connectivity index (χ0) is 10.9. The van der Waals surface area contributed by atoms with Crippen LogP contribution < -0.4 is 5.32 Å². The van der Waals surface area contributed by atoms with Crippen LogP contribution >= 0.6 is 0 Å². The van der Waals surface area contributed by atoms with Crippen LogP contribution in [0.3, 0.4) is 0 Å². The fourth-order valence-electron chi connectivity index (χ4n) is 2.24. The van der Waals surface area contributed by atoms with Crippen molar-refractivity contribution in [3.05, 3.63) is 0 Å². The zero-order valence-electron chi connectivity index (χ0n) is 10.6. The third kappa shape index (κ3) is 2.48. The highest BCUT2D eigenvalue weighted by molar-refractivity contribution is 4.89. The smallest absolute Gasteiger partial charge is 0.0258 e. The third-order valence-electron chi connectivity index (χ3n) is 3.86. The Morgan fingerprint density at radius 1 is 1.29 bits per heavy atom. The third-order valence-corrected chi connectivity index (χ3v) is 3.86. The summed E-state index contributed by atoms with van der Waals surface area (Å²) in [5, 5.41) is 3.47. The molecule has 3 unspecified atom stereocenters. The molecule has 0 aromatic rings. The van der Waals surface area contributed by atoms with Gasteiger partial charge in [0.05, 0.1) is 0 Å². The monoisotopic (exact) mass is 198 g/mol. The summed E-state index contributed by atoms with van der Waals surface area (Å²) in [6, 6.07) is 1.35. The van der Waals surface area contributed by atoms with Crippen molar-refractivity contribution < 1.29 is 0 Å². The average Bonchev–Trinajstić information content (AvgIpc) is 2.47. The lowest BCUT2D eigenvalue weighted by molar-refractivity contribution is 0.0888. The molecule has 1 N–H and O–H groups in total. The lowest BCUT2D eigenvalue weighted by atomic mass is 9.85. The molecule has 1 rings (SSSR count). The van der Waals surface area contributed by atoms with Gasteiger partial charge in [0.15, 0.2) is 0 Å². The van der Waals surface area contributed by atoms with Crippen molar-refractivity contribution in [1.29, 1.82) is 0 Å². The Kier molecular flexibility index (Phi) is 3.59. The van der Waals surface area contributed by atoms with Crippen LogP contribution in [0, 0.1) is 11.3 Å². The molecule has 2 heteroatoms. The summed E-state index contributed by atoms with van der Waals surface area (Å²) in [5.74, 6) is 0.782. The van der Waals surface area contributed by atoms with Crippen molar-refractivity contribution in [2.75, 3.05) is 20.1 Å². The molecule has 1 aliphatic rings. The summed E-state index contributed by atoms with van der Waals surface area (Å²) in [4.78, 5) is 2.55. The molecule has 0 bridgehead atoms. The Balaban J connectivity index is 2.60. The molecule has 0 saturated carbocycles. The lowest BCUT2D eigenvalue weighted by Crippen LogP contribution is -2.48. The SMILES string of the molecule is CC1CNCC1N(C)C(C)C(C)(C)C. The maximum absolute atomic E-state index is 3.47. The van der Waals surface area contributed by atoms with Crippen molar-refractivity contribution in [1.82, 2.24) is 10.2 Å². The van der Waals surface area contributed by atoms with Crippen molar-refractivity contribution in [3.63, 3.8) is 0 Å². The fraction of sp³-hybridized carbons (Fsp3) is 1.00. The van der Waals surface area contributed by atoms with Gasteiger partial charge < -0.3 is 5.32 Å². The molecular weight excluding hydrogens is 172 g/mol. The first-order valence-corrected chi connectivity index (χ1v) is 5.76. The predicted octanol–water partition coefficient (Wildman–Crippen LogP) is 1.96. The molecule has 3 atom stereocenters. The number of rotatable bonds is 2. The molecule has 0 spiro atoms. The highest BCUT2D eigenvalue weighted by atomic mass is 15.2. The number of nitrogens with zero attached hydrogens (tertiary/aromatic N) is 1. The summed E-state index contributed by atoms with van der Waals surface area (Å²) in [7, 11) is 2.27. The molecule has 0 amide bonds. The molecule has 84 valence electrons. The summed E-state index contributed by atoms with van der Waals surface area (Å²) in [6.45, 7) is 14.0. The highest BCUT2D eigenvalue weighted by Crippen LogP contribution is 2.27. The van der Waals surface area contributed by atoms with Crippen molar-refractivity contribution >= 4 is 0 Å². The first kappa shape index (κ1) is 12.0. The van der Waals surface area contributed by atoms with E-state index in [4.69, 9.17) is 0 Å². The molecule has 0 aliphatic carbocycles. The molecule has 1 aliphatic heterocycles. The maximum atomic E-state index is 3.47. The molecule has 2 nitrogen and oxygen atoms in total. The minimum atomic E-state index is 0.372. The van der Waals surface area contributed by atoms with Gasteiger partial charge in [0.1, 0.15) is 0 Å². The van der Waals surface area contributed by atoms with Gasteiger partial charge in [-0.3, -0.25) is 4.90 Å². The first-order valence-electron chi connectivity index (χ1n) is 5.76. The highest BCUT2D eigenvalue weighted by Gasteiger charge is 2.33. The standard InChI is InChI=1S/C12H26N2/c1-9-7-13-8-11(9)14(6)10(2)12(3,4)5/h9-11,13H,7-8H2,1-6H3. The van der Waals surface area contributed by atoms with Gasteiger partial charge in [0.2, 0.25) is 0 Å². The van der Waals surface area contributed by atoms with E-state index < -0.39 is 0 Å². The second kappa shape index (κ2) is 4.19. The van der Waals surface area contributed by atoms with E-state index in [1.165, 1.54) is 6.54 Å². The van der Waals surface area contributed by atoms with Gasteiger partial charge in [-0.25, -0.2) is 0 Å².